The molecule has 0 aliphatic heterocycles. The minimum absolute atomic E-state index is 0.525. The van der Waals surface area contributed by atoms with E-state index in [1.165, 1.54) is 0 Å². The molecule has 0 aliphatic carbocycles. The number of amides is 1. The van der Waals surface area contributed by atoms with Gasteiger partial charge in [-0.2, -0.15) is 0 Å². The second-order valence-corrected chi connectivity index (χ2v) is 6.90. The van der Waals surface area contributed by atoms with E-state index in [9.17, 15) is 9.90 Å². The summed E-state index contributed by atoms with van der Waals surface area (Å²) in [6.45, 7) is 5.84. The van der Waals surface area contributed by atoms with Gasteiger partial charge in [-0.25, -0.2) is 0 Å². The molecule has 0 spiro atoms. The summed E-state index contributed by atoms with van der Waals surface area (Å²) in [7, 11) is 0. The maximum absolute atomic E-state index is 13.1. The summed E-state index contributed by atoms with van der Waals surface area (Å²) in [5.41, 5.74) is 8.56. The number of aryl methyl sites for hydroxylation is 3. The Morgan fingerprint density at radius 1 is 0.778 bits per heavy atom. The van der Waals surface area contributed by atoms with Gasteiger partial charge in [0.05, 0.1) is 5.69 Å². The number of anilines is 1. The lowest BCUT2D eigenvalue weighted by Crippen LogP contribution is -2.47. The first-order valence-electron chi connectivity index (χ1n) is 8.89. The van der Waals surface area contributed by atoms with Gasteiger partial charge in [-0.3, -0.25) is 15.6 Å². The van der Waals surface area contributed by atoms with Gasteiger partial charge in [-0.15, -0.1) is 0 Å². The number of hydrogen-bond donors (Lipinski definition) is 3. The Morgan fingerprint density at radius 2 is 1.26 bits per heavy atom. The zero-order valence-electron chi connectivity index (χ0n) is 15.8. The lowest BCUT2D eigenvalue weighted by molar-refractivity contribution is -0.136. The van der Waals surface area contributed by atoms with E-state index in [1.807, 2.05) is 81.4 Å². The van der Waals surface area contributed by atoms with Gasteiger partial charge in [0.15, 0.2) is 5.60 Å². The van der Waals surface area contributed by atoms with E-state index in [2.05, 4.69) is 10.9 Å². The van der Waals surface area contributed by atoms with Crippen molar-refractivity contribution in [3.05, 3.63) is 101 Å². The third-order valence-corrected chi connectivity index (χ3v) is 4.54. The van der Waals surface area contributed by atoms with Crippen molar-refractivity contribution < 1.29 is 9.90 Å². The summed E-state index contributed by atoms with van der Waals surface area (Å²) in [6.07, 6.45) is 0. The average Bonchev–Trinajstić information content (AvgIpc) is 2.65. The quantitative estimate of drug-likeness (QED) is 0.603. The van der Waals surface area contributed by atoms with Crippen LogP contribution in [0.15, 0.2) is 72.8 Å². The Hall–Kier alpha value is -3.11. The third-order valence-electron chi connectivity index (χ3n) is 4.54. The molecule has 0 heterocycles. The summed E-state index contributed by atoms with van der Waals surface area (Å²) in [5.74, 6) is -0.541. The Labute approximate surface area is 159 Å². The molecule has 0 fully saturated rings. The smallest absolute Gasteiger partial charge is 0.279 e. The van der Waals surface area contributed by atoms with Crippen molar-refractivity contribution >= 4 is 11.6 Å². The van der Waals surface area contributed by atoms with E-state index in [4.69, 9.17) is 0 Å². The second-order valence-electron chi connectivity index (χ2n) is 6.90. The van der Waals surface area contributed by atoms with E-state index in [0.717, 1.165) is 22.4 Å². The Morgan fingerprint density at radius 3 is 1.74 bits per heavy atom. The van der Waals surface area contributed by atoms with Crippen LogP contribution in [-0.2, 0) is 10.4 Å². The highest BCUT2D eigenvalue weighted by Gasteiger charge is 2.40. The molecule has 0 aliphatic rings. The van der Waals surface area contributed by atoms with Gasteiger partial charge in [0.25, 0.3) is 5.91 Å². The third kappa shape index (κ3) is 4.01. The molecule has 3 aromatic rings. The van der Waals surface area contributed by atoms with Gasteiger partial charge >= 0.3 is 0 Å². The van der Waals surface area contributed by atoms with Crippen LogP contribution in [-0.4, -0.2) is 11.0 Å². The lowest BCUT2D eigenvalue weighted by Gasteiger charge is -2.29. The highest BCUT2D eigenvalue weighted by atomic mass is 16.3. The molecule has 0 bridgehead atoms. The van der Waals surface area contributed by atoms with Crippen LogP contribution in [0.3, 0.4) is 0 Å². The van der Waals surface area contributed by atoms with Crippen molar-refractivity contribution in [1.29, 1.82) is 0 Å². The fourth-order valence-electron chi connectivity index (χ4n) is 3.11. The van der Waals surface area contributed by atoms with Gasteiger partial charge in [0.1, 0.15) is 0 Å². The molecule has 3 N–H and O–H groups in total. The first-order valence-corrected chi connectivity index (χ1v) is 8.89. The second kappa shape index (κ2) is 7.64. The monoisotopic (exact) mass is 360 g/mol. The van der Waals surface area contributed by atoms with E-state index < -0.39 is 11.5 Å². The van der Waals surface area contributed by atoms with Crippen molar-refractivity contribution in [2.24, 2.45) is 0 Å². The maximum atomic E-state index is 13.1. The molecule has 0 saturated heterocycles. The van der Waals surface area contributed by atoms with Crippen molar-refractivity contribution in [3.63, 3.8) is 0 Å². The average molecular weight is 360 g/mol. The fraction of sp³-hybridized carbons (Fsp3) is 0.174. The van der Waals surface area contributed by atoms with Crippen LogP contribution in [0.25, 0.3) is 0 Å². The van der Waals surface area contributed by atoms with Crippen LogP contribution in [0.2, 0.25) is 0 Å². The largest absolute Gasteiger partial charge is 0.372 e. The van der Waals surface area contributed by atoms with Crippen LogP contribution in [0.1, 0.15) is 27.8 Å². The molecule has 1 amide bonds. The van der Waals surface area contributed by atoms with Gasteiger partial charge < -0.3 is 5.11 Å². The highest BCUT2D eigenvalue weighted by Crippen LogP contribution is 2.31. The fourth-order valence-corrected chi connectivity index (χ4v) is 3.11. The zero-order chi connectivity index (χ0) is 19.4. The number of hydrogen-bond acceptors (Lipinski definition) is 3. The standard InChI is InChI=1S/C23H24N2O2/c1-16-7-4-10-19(13-16)23(27,20-11-5-8-17(2)14-20)22(26)25-24-21-12-6-9-18(3)15-21/h4-15,24,27H,1-3H3,(H,25,26). The summed E-state index contributed by atoms with van der Waals surface area (Å²) >= 11 is 0. The molecule has 4 heteroatoms. The van der Waals surface area contributed by atoms with Crippen LogP contribution in [0.5, 0.6) is 0 Å². The number of rotatable bonds is 5. The predicted molar refractivity (Wildman–Crippen MR) is 108 cm³/mol. The summed E-state index contributed by atoms with van der Waals surface area (Å²) in [6, 6.07) is 22.4. The topological polar surface area (TPSA) is 61.4 Å². The highest BCUT2D eigenvalue weighted by molar-refractivity contribution is 5.91. The Kier molecular flexibility index (Phi) is 5.28. The van der Waals surface area contributed by atoms with E-state index in [-0.39, 0.29) is 0 Å². The zero-order valence-corrected chi connectivity index (χ0v) is 15.8. The van der Waals surface area contributed by atoms with Crippen LogP contribution >= 0.6 is 0 Å². The minimum Gasteiger partial charge on any atom is -0.372 e. The van der Waals surface area contributed by atoms with Gasteiger partial charge in [-0.05, 0) is 49.6 Å². The normalized spacial score (nSPS) is 11.1. The van der Waals surface area contributed by atoms with Gasteiger partial charge in [-0.1, -0.05) is 71.8 Å². The van der Waals surface area contributed by atoms with E-state index in [0.29, 0.717) is 11.1 Å². The number of hydrazine groups is 1. The van der Waals surface area contributed by atoms with Gasteiger partial charge in [0, 0.05) is 0 Å². The molecule has 0 atom stereocenters. The molecule has 4 nitrogen and oxygen atoms in total. The van der Waals surface area contributed by atoms with Gasteiger partial charge in [0.2, 0.25) is 0 Å². The summed E-state index contributed by atoms with van der Waals surface area (Å²) < 4.78 is 0. The minimum atomic E-state index is -1.81. The molecule has 27 heavy (non-hydrogen) atoms. The molecular formula is C23H24N2O2. The molecule has 0 aromatic heterocycles. The number of carbonyl (C=O) groups excluding carboxylic acids is 1. The molecule has 3 rings (SSSR count). The molecule has 0 saturated carbocycles. The SMILES string of the molecule is Cc1cccc(NNC(=O)C(O)(c2cccc(C)c2)c2cccc(C)c2)c1. The summed E-state index contributed by atoms with van der Waals surface area (Å²) in [5, 5.41) is 11.6. The number of aliphatic hydroxyl groups is 1. The lowest BCUT2D eigenvalue weighted by atomic mass is 9.84. The molecular weight excluding hydrogens is 336 g/mol. The summed E-state index contributed by atoms with van der Waals surface area (Å²) in [4.78, 5) is 13.1. The Balaban J connectivity index is 1.97. The van der Waals surface area contributed by atoms with Crippen molar-refractivity contribution in [3.8, 4) is 0 Å². The first kappa shape index (κ1) is 18.7. The van der Waals surface area contributed by atoms with E-state index >= 15 is 0 Å². The number of carbonyl (C=O) groups is 1. The van der Waals surface area contributed by atoms with Crippen LogP contribution in [0.4, 0.5) is 5.69 Å². The molecule has 0 unspecified atom stereocenters. The van der Waals surface area contributed by atoms with Crippen molar-refractivity contribution in [2.75, 3.05) is 5.43 Å². The molecule has 0 radical (unpaired) electrons. The van der Waals surface area contributed by atoms with E-state index in [1.54, 1.807) is 12.1 Å². The van der Waals surface area contributed by atoms with Crippen molar-refractivity contribution in [2.45, 2.75) is 26.4 Å². The first-order chi connectivity index (χ1) is 12.9. The molecule has 138 valence electrons. The number of benzene rings is 3. The number of nitrogens with one attached hydrogen (secondary N) is 2. The Bertz CT molecular complexity index is 920. The van der Waals surface area contributed by atoms with Crippen molar-refractivity contribution in [1.82, 2.24) is 5.43 Å². The predicted octanol–water partition coefficient (Wildman–Crippen LogP) is 3.99. The molecule has 3 aromatic carbocycles. The van der Waals surface area contributed by atoms with Crippen LogP contribution in [0, 0.1) is 20.8 Å². The maximum Gasteiger partial charge on any atom is 0.279 e. The van der Waals surface area contributed by atoms with Crippen LogP contribution < -0.4 is 10.9 Å².